The molecule has 0 aliphatic carbocycles. The van der Waals surface area contributed by atoms with E-state index >= 15 is 0 Å². The fourth-order valence-corrected chi connectivity index (χ4v) is 2.18. The molecule has 0 aliphatic heterocycles. The molecule has 0 unspecified atom stereocenters. The van der Waals surface area contributed by atoms with Gasteiger partial charge in [-0.05, 0) is 50.2 Å². The van der Waals surface area contributed by atoms with Crippen LogP contribution in [0.5, 0.6) is 5.75 Å². The Kier molecular flexibility index (Phi) is 9.26. The minimum Gasteiger partial charge on any atom is -0.491 e. The summed E-state index contributed by atoms with van der Waals surface area (Å²) in [5.74, 6) is 0.795. The molecule has 0 heterocycles. The largest absolute Gasteiger partial charge is 0.491 e. The summed E-state index contributed by atoms with van der Waals surface area (Å²) < 4.78 is 10.4. The van der Waals surface area contributed by atoms with Crippen LogP contribution >= 0.6 is 0 Å². The summed E-state index contributed by atoms with van der Waals surface area (Å²) in [6, 6.07) is 7.40. The van der Waals surface area contributed by atoms with Crippen LogP contribution in [0.2, 0.25) is 0 Å². The van der Waals surface area contributed by atoms with Crippen LogP contribution in [-0.2, 0) is 9.53 Å². The standard InChI is InChI=1S/C17H28N2O3/c1-4-10-19(11-5-2)14-17(20)18-15-6-8-16(9-7-15)22-13-12-21-3/h6-9H,4-5,10-14H2,1-3H3,(H,18,20). The molecule has 1 aromatic rings. The second-order valence-corrected chi connectivity index (χ2v) is 5.19. The van der Waals surface area contributed by atoms with Gasteiger partial charge in [0.25, 0.3) is 0 Å². The Morgan fingerprint density at radius 3 is 2.27 bits per heavy atom. The van der Waals surface area contributed by atoms with Gasteiger partial charge in [0.1, 0.15) is 12.4 Å². The Balaban J connectivity index is 2.43. The van der Waals surface area contributed by atoms with E-state index in [1.165, 1.54) is 0 Å². The van der Waals surface area contributed by atoms with Crippen LogP contribution in [0.25, 0.3) is 0 Å². The maximum Gasteiger partial charge on any atom is 0.238 e. The molecule has 0 fully saturated rings. The number of nitrogens with zero attached hydrogens (tertiary/aromatic N) is 1. The van der Waals surface area contributed by atoms with Gasteiger partial charge in [0, 0.05) is 12.8 Å². The van der Waals surface area contributed by atoms with Gasteiger partial charge in [0.2, 0.25) is 5.91 Å². The molecule has 1 aromatic carbocycles. The number of nitrogens with one attached hydrogen (secondary N) is 1. The number of anilines is 1. The first-order chi connectivity index (χ1) is 10.7. The van der Waals surface area contributed by atoms with Gasteiger partial charge >= 0.3 is 0 Å². The van der Waals surface area contributed by atoms with Crippen molar-refractivity contribution in [3.05, 3.63) is 24.3 Å². The van der Waals surface area contributed by atoms with Crippen LogP contribution in [0.1, 0.15) is 26.7 Å². The van der Waals surface area contributed by atoms with Crippen molar-refractivity contribution in [3.8, 4) is 5.75 Å². The van der Waals surface area contributed by atoms with Gasteiger partial charge < -0.3 is 14.8 Å². The molecule has 5 heteroatoms. The molecule has 0 atom stereocenters. The van der Waals surface area contributed by atoms with Crippen molar-refractivity contribution in [2.45, 2.75) is 26.7 Å². The number of rotatable bonds is 11. The van der Waals surface area contributed by atoms with Gasteiger partial charge in [-0.25, -0.2) is 0 Å². The highest BCUT2D eigenvalue weighted by atomic mass is 16.5. The Morgan fingerprint density at radius 1 is 1.09 bits per heavy atom. The van der Waals surface area contributed by atoms with Crippen molar-refractivity contribution in [2.75, 3.05) is 45.3 Å². The maximum atomic E-state index is 12.1. The van der Waals surface area contributed by atoms with Gasteiger partial charge in [-0.3, -0.25) is 9.69 Å². The molecule has 0 bridgehead atoms. The third-order valence-corrected chi connectivity index (χ3v) is 3.14. The molecule has 1 N–H and O–H groups in total. The van der Waals surface area contributed by atoms with E-state index in [2.05, 4.69) is 24.1 Å². The SMILES string of the molecule is CCCN(CCC)CC(=O)Nc1ccc(OCCOC)cc1. The van der Waals surface area contributed by atoms with E-state index in [0.29, 0.717) is 19.8 Å². The molecule has 0 saturated carbocycles. The highest BCUT2D eigenvalue weighted by molar-refractivity contribution is 5.92. The predicted octanol–water partition coefficient (Wildman–Crippen LogP) is 2.77. The molecule has 124 valence electrons. The van der Waals surface area contributed by atoms with Crippen molar-refractivity contribution in [3.63, 3.8) is 0 Å². The fourth-order valence-electron chi connectivity index (χ4n) is 2.18. The Labute approximate surface area is 133 Å². The first-order valence-electron chi connectivity index (χ1n) is 7.93. The lowest BCUT2D eigenvalue weighted by atomic mass is 10.3. The summed E-state index contributed by atoms with van der Waals surface area (Å²) in [4.78, 5) is 14.2. The van der Waals surface area contributed by atoms with Crippen LogP contribution in [0.15, 0.2) is 24.3 Å². The predicted molar refractivity (Wildman–Crippen MR) is 89.5 cm³/mol. The number of hydrogen-bond acceptors (Lipinski definition) is 4. The fraction of sp³-hybridized carbons (Fsp3) is 0.588. The smallest absolute Gasteiger partial charge is 0.238 e. The monoisotopic (exact) mass is 308 g/mol. The molecule has 0 aromatic heterocycles. The summed E-state index contributed by atoms with van der Waals surface area (Å²) >= 11 is 0. The second kappa shape index (κ2) is 11.0. The van der Waals surface area contributed by atoms with Gasteiger partial charge in [-0.1, -0.05) is 13.8 Å². The average Bonchev–Trinajstić information content (AvgIpc) is 2.50. The van der Waals surface area contributed by atoms with Crippen LogP contribution in [-0.4, -0.2) is 50.8 Å². The summed E-state index contributed by atoms with van der Waals surface area (Å²) in [7, 11) is 1.64. The number of carbonyl (C=O) groups excluding carboxylic acids is 1. The normalized spacial score (nSPS) is 10.7. The highest BCUT2D eigenvalue weighted by Gasteiger charge is 2.09. The number of benzene rings is 1. The molecule has 5 nitrogen and oxygen atoms in total. The minimum atomic E-state index is 0.0231. The lowest BCUT2D eigenvalue weighted by Crippen LogP contribution is -2.34. The van der Waals surface area contributed by atoms with Gasteiger partial charge in [0.15, 0.2) is 0 Å². The number of amides is 1. The summed E-state index contributed by atoms with van der Waals surface area (Å²) in [6.45, 7) is 7.68. The first-order valence-corrected chi connectivity index (χ1v) is 7.93. The summed E-state index contributed by atoms with van der Waals surface area (Å²) in [5, 5.41) is 2.92. The number of hydrogen-bond donors (Lipinski definition) is 1. The highest BCUT2D eigenvalue weighted by Crippen LogP contribution is 2.15. The zero-order valence-corrected chi connectivity index (χ0v) is 13.9. The zero-order valence-electron chi connectivity index (χ0n) is 13.9. The summed E-state index contributed by atoms with van der Waals surface area (Å²) in [6.07, 6.45) is 2.11. The number of ether oxygens (including phenoxy) is 2. The topological polar surface area (TPSA) is 50.8 Å². The molecule has 0 saturated heterocycles. The Hall–Kier alpha value is -1.59. The van der Waals surface area contributed by atoms with E-state index in [9.17, 15) is 4.79 Å². The molecule has 1 amide bonds. The van der Waals surface area contributed by atoms with Crippen LogP contribution < -0.4 is 10.1 Å². The van der Waals surface area contributed by atoms with Crippen molar-refractivity contribution in [1.29, 1.82) is 0 Å². The van der Waals surface area contributed by atoms with Crippen molar-refractivity contribution < 1.29 is 14.3 Å². The number of carbonyl (C=O) groups is 1. The Bertz CT molecular complexity index is 414. The van der Waals surface area contributed by atoms with Crippen LogP contribution in [0, 0.1) is 0 Å². The quantitative estimate of drug-likeness (QED) is 0.639. The lowest BCUT2D eigenvalue weighted by Gasteiger charge is -2.20. The van der Waals surface area contributed by atoms with E-state index in [4.69, 9.17) is 9.47 Å². The van der Waals surface area contributed by atoms with Gasteiger partial charge in [-0.2, -0.15) is 0 Å². The Morgan fingerprint density at radius 2 is 1.73 bits per heavy atom. The van der Waals surface area contributed by atoms with Crippen LogP contribution in [0.4, 0.5) is 5.69 Å². The van der Waals surface area contributed by atoms with E-state index in [1.54, 1.807) is 7.11 Å². The second-order valence-electron chi connectivity index (χ2n) is 5.19. The molecule has 0 spiro atoms. The molecule has 1 rings (SSSR count). The summed E-state index contributed by atoms with van der Waals surface area (Å²) in [5.41, 5.74) is 0.789. The molecule has 0 aliphatic rings. The van der Waals surface area contributed by atoms with Crippen LogP contribution in [0.3, 0.4) is 0 Å². The van der Waals surface area contributed by atoms with Crippen molar-refractivity contribution in [1.82, 2.24) is 4.90 Å². The van der Waals surface area contributed by atoms with Crippen molar-refractivity contribution >= 4 is 11.6 Å². The zero-order chi connectivity index (χ0) is 16.2. The first kappa shape index (κ1) is 18.5. The van der Waals surface area contributed by atoms with E-state index in [-0.39, 0.29) is 5.91 Å². The maximum absolute atomic E-state index is 12.1. The van der Waals surface area contributed by atoms with Gasteiger partial charge in [-0.15, -0.1) is 0 Å². The van der Waals surface area contributed by atoms with E-state index in [1.807, 2.05) is 24.3 Å². The third kappa shape index (κ3) is 7.43. The van der Waals surface area contributed by atoms with E-state index < -0.39 is 0 Å². The molecular weight excluding hydrogens is 280 g/mol. The molecular formula is C17H28N2O3. The molecule has 0 radical (unpaired) electrons. The van der Waals surface area contributed by atoms with E-state index in [0.717, 1.165) is 37.4 Å². The average molecular weight is 308 g/mol. The van der Waals surface area contributed by atoms with Gasteiger partial charge in [0.05, 0.1) is 13.2 Å². The lowest BCUT2D eigenvalue weighted by molar-refractivity contribution is -0.117. The van der Waals surface area contributed by atoms with Crippen molar-refractivity contribution in [2.24, 2.45) is 0 Å². The minimum absolute atomic E-state index is 0.0231. The molecule has 22 heavy (non-hydrogen) atoms. The third-order valence-electron chi connectivity index (χ3n) is 3.14. The number of methoxy groups -OCH3 is 1.